The molecule has 1 aromatic carbocycles. The molecule has 2 rings (SSSR count). The maximum Gasteiger partial charge on any atom is 0.0386 e. The van der Waals surface area contributed by atoms with Crippen LogP contribution in [-0.4, -0.2) is 0 Å². The fourth-order valence-electron chi connectivity index (χ4n) is 1.97. The van der Waals surface area contributed by atoms with Gasteiger partial charge in [-0.05, 0) is 50.3 Å². The van der Waals surface area contributed by atoms with Crippen molar-refractivity contribution >= 4 is 0 Å². The first kappa shape index (κ1) is 11.0. The summed E-state index contributed by atoms with van der Waals surface area (Å²) in [6.45, 7) is 4.24. The van der Waals surface area contributed by atoms with Crippen molar-refractivity contribution in [3.63, 3.8) is 0 Å². The Hall–Kier alpha value is -1.48. The van der Waals surface area contributed by atoms with Crippen LogP contribution in [0.2, 0.25) is 0 Å². The van der Waals surface area contributed by atoms with Gasteiger partial charge in [-0.15, -0.1) is 0 Å². The summed E-state index contributed by atoms with van der Waals surface area (Å²) in [7, 11) is 0. The third kappa shape index (κ3) is 2.76. The maximum atomic E-state index is 3.37. The summed E-state index contributed by atoms with van der Waals surface area (Å²) < 4.78 is 0. The fourth-order valence-corrected chi connectivity index (χ4v) is 1.97. The highest BCUT2D eigenvalue weighted by atomic mass is 14.1. The lowest BCUT2D eigenvalue weighted by Crippen LogP contribution is -1.97. The van der Waals surface area contributed by atoms with Gasteiger partial charge < -0.3 is 0 Å². The molecule has 0 N–H and O–H groups in total. The molecule has 0 bridgehead atoms. The van der Waals surface area contributed by atoms with E-state index in [2.05, 4.69) is 56.0 Å². The average molecular weight is 210 g/mol. The van der Waals surface area contributed by atoms with Crippen LogP contribution in [-0.2, 0) is 0 Å². The lowest BCUT2D eigenvalue weighted by molar-refractivity contribution is 0.645. The van der Waals surface area contributed by atoms with E-state index in [0.717, 1.165) is 0 Å². The Balaban J connectivity index is 2.19. The minimum absolute atomic E-state index is 0.466. The Bertz CT molecular complexity index is 455. The van der Waals surface area contributed by atoms with Crippen molar-refractivity contribution < 1.29 is 0 Å². The number of benzene rings is 1. The van der Waals surface area contributed by atoms with Crippen LogP contribution in [0, 0.1) is 31.6 Å². The van der Waals surface area contributed by atoms with Gasteiger partial charge in [0.25, 0.3) is 0 Å². The Labute approximate surface area is 98.4 Å². The van der Waals surface area contributed by atoms with Crippen molar-refractivity contribution in [3.8, 4) is 11.8 Å². The first-order valence-corrected chi connectivity index (χ1v) is 6.01. The van der Waals surface area contributed by atoms with E-state index >= 15 is 0 Å². The van der Waals surface area contributed by atoms with Crippen molar-refractivity contribution in [1.82, 2.24) is 0 Å². The molecule has 1 atom stereocenters. The van der Waals surface area contributed by atoms with Crippen molar-refractivity contribution in [2.24, 2.45) is 5.92 Å². The number of hydrogen-bond acceptors (Lipinski definition) is 0. The smallest absolute Gasteiger partial charge is 0.0386 e. The van der Waals surface area contributed by atoms with Gasteiger partial charge in [0.2, 0.25) is 0 Å². The molecule has 0 amide bonds. The first-order valence-electron chi connectivity index (χ1n) is 6.01. The zero-order valence-electron chi connectivity index (χ0n) is 10.1. The second-order valence-electron chi connectivity index (χ2n) is 4.55. The van der Waals surface area contributed by atoms with Crippen molar-refractivity contribution in [2.75, 3.05) is 0 Å². The molecule has 1 aliphatic carbocycles. The molecule has 82 valence electrons. The standard InChI is InChI=1S/C16H18/c1-13-8-9-14(2)16(12-13)11-10-15-6-4-3-5-7-15/h4,6,8-9,12,15H,3,5,7H2,1-2H3. The number of allylic oxidation sites excluding steroid dienone is 2. The van der Waals surface area contributed by atoms with Gasteiger partial charge in [0, 0.05) is 11.5 Å². The zero-order chi connectivity index (χ0) is 11.4. The van der Waals surface area contributed by atoms with Gasteiger partial charge in [0.05, 0.1) is 0 Å². The normalized spacial score (nSPS) is 19.0. The van der Waals surface area contributed by atoms with Crippen LogP contribution in [0.3, 0.4) is 0 Å². The molecule has 1 unspecified atom stereocenters. The van der Waals surface area contributed by atoms with Crippen LogP contribution in [0.25, 0.3) is 0 Å². The maximum absolute atomic E-state index is 3.37. The van der Waals surface area contributed by atoms with Gasteiger partial charge in [-0.3, -0.25) is 0 Å². The quantitative estimate of drug-likeness (QED) is 0.448. The molecule has 0 aromatic heterocycles. The molecule has 0 radical (unpaired) electrons. The first-order chi connectivity index (χ1) is 7.75. The Morgan fingerprint density at radius 1 is 1.25 bits per heavy atom. The summed E-state index contributed by atoms with van der Waals surface area (Å²) in [4.78, 5) is 0. The van der Waals surface area contributed by atoms with E-state index < -0.39 is 0 Å². The highest BCUT2D eigenvalue weighted by Gasteiger charge is 2.04. The van der Waals surface area contributed by atoms with Gasteiger partial charge in [-0.1, -0.05) is 36.1 Å². The fraction of sp³-hybridized carbons (Fsp3) is 0.375. The highest BCUT2D eigenvalue weighted by molar-refractivity contribution is 5.43. The lowest BCUT2D eigenvalue weighted by atomic mass is 9.96. The van der Waals surface area contributed by atoms with Crippen LogP contribution in [0.4, 0.5) is 0 Å². The van der Waals surface area contributed by atoms with E-state index in [-0.39, 0.29) is 0 Å². The molecule has 0 aliphatic heterocycles. The van der Waals surface area contributed by atoms with E-state index in [4.69, 9.17) is 0 Å². The summed E-state index contributed by atoms with van der Waals surface area (Å²) in [5, 5.41) is 0. The number of hydrogen-bond donors (Lipinski definition) is 0. The SMILES string of the molecule is Cc1ccc(C)c(C#CC2C=CCCC2)c1. The van der Waals surface area contributed by atoms with E-state index in [1.54, 1.807) is 0 Å². The van der Waals surface area contributed by atoms with Crippen LogP contribution in [0.5, 0.6) is 0 Å². The third-order valence-electron chi connectivity index (χ3n) is 3.04. The third-order valence-corrected chi connectivity index (χ3v) is 3.04. The predicted octanol–water partition coefficient (Wildman–Crippen LogP) is 4.01. The molecule has 0 spiro atoms. The Morgan fingerprint density at radius 3 is 2.88 bits per heavy atom. The van der Waals surface area contributed by atoms with Gasteiger partial charge >= 0.3 is 0 Å². The summed E-state index contributed by atoms with van der Waals surface area (Å²) >= 11 is 0. The molecule has 1 aliphatic rings. The zero-order valence-corrected chi connectivity index (χ0v) is 10.1. The lowest BCUT2D eigenvalue weighted by Gasteiger charge is -2.09. The van der Waals surface area contributed by atoms with E-state index in [1.807, 2.05) is 0 Å². The summed E-state index contributed by atoms with van der Waals surface area (Å²) in [5.74, 6) is 7.16. The average Bonchev–Trinajstić information content (AvgIpc) is 2.32. The topological polar surface area (TPSA) is 0 Å². The van der Waals surface area contributed by atoms with Crippen molar-refractivity contribution in [1.29, 1.82) is 0 Å². The molecule has 16 heavy (non-hydrogen) atoms. The molecule has 0 heteroatoms. The highest BCUT2D eigenvalue weighted by Crippen LogP contribution is 2.16. The van der Waals surface area contributed by atoms with Gasteiger partial charge in [-0.2, -0.15) is 0 Å². The molecular formula is C16H18. The molecule has 0 heterocycles. The largest absolute Gasteiger partial charge is 0.0903 e. The molecular weight excluding hydrogens is 192 g/mol. The van der Waals surface area contributed by atoms with E-state index in [1.165, 1.54) is 36.0 Å². The molecule has 1 aromatic rings. The van der Waals surface area contributed by atoms with Crippen LogP contribution in [0.15, 0.2) is 30.4 Å². The minimum atomic E-state index is 0.466. The van der Waals surface area contributed by atoms with Crippen LogP contribution in [0.1, 0.15) is 36.0 Å². The van der Waals surface area contributed by atoms with Crippen LogP contribution < -0.4 is 0 Å². The molecule has 0 saturated heterocycles. The van der Waals surface area contributed by atoms with Crippen molar-refractivity contribution in [3.05, 3.63) is 47.0 Å². The van der Waals surface area contributed by atoms with Crippen LogP contribution >= 0.6 is 0 Å². The monoisotopic (exact) mass is 210 g/mol. The second kappa shape index (κ2) is 5.03. The van der Waals surface area contributed by atoms with Crippen molar-refractivity contribution in [2.45, 2.75) is 33.1 Å². The second-order valence-corrected chi connectivity index (χ2v) is 4.55. The molecule has 0 fully saturated rings. The van der Waals surface area contributed by atoms with Gasteiger partial charge in [0.1, 0.15) is 0 Å². The summed E-state index contributed by atoms with van der Waals surface area (Å²) in [6.07, 6.45) is 8.23. The van der Waals surface area contributed by atoms with E-state index in [9.17, 15) is 0 Å². The Morgan fingerprint density at radius 2 is 2.12 bits per heavy atom. The number of rotatable bonds is 0. The van der Waals surface area contributed by atoms with Gasteiger partial charge in [-0.25, -0.2) is 0 Å². The summed E-state index contributed by atoms with van der Waals surface area (Å²) in [6, 6.07) is 6.46. The summed E-state index contributed by atoms with van der Waals surface area (Å²) in [5.41, 5.74) is 3.74. The van der Waals surface area contributed by atoms with E-state index in [0.29, 0.717) is 5.92 Å². The Kier molecular flexibility index (Phi) is 3.47. The number of aryl methyl sites for hydroxylation is 2. The van der Waals surface area contributed by atoms with Gasteiger partial charge in [0.15, 0.2) is 0 Å². The minimum Gasteiger partial charge on any atom is -0.0903 e. The predicted molar refractivity (Wildman–Crippen MR) is 69.3 cm³/mol. The molecule has 0 saturated carbocycles. The molecule has 0 nitrogen and oxygen atoms in total.